The van der Waals surface area contributed by atoms with Crippen LogP contribution in [0.2, 0.25) is 5.02 Å². The van der Waals surface area contributed by atoms with Crippen molar-refractivity contribution < 1.29 is 19.4 Å². The fourth-order valence-corrected chi connectivity index (χ4v) is 2.42. The van der Waals surface area contributed by atoms with Crippen LogP contribution < -0.4 is 15.5 Å². The molecule has 0 atom stereocenters. The molecular weight excluding hydrogens is 370 g/mol. The summed E-state index contributed by atoms with van der Waals surface area (Å²) in [7, 11) is 0. The molecule has 0 aromatic heterocycles. The topological polar surface area (TPSA) is 100 Å². The lowest BCUT2D eigenvalue weighted by molar-refractivity contribution is -0.126. The summed E-state index contributed by atoms with van der Waals surface area (Å²) in [6.45, 7) is 3.99. The van der Waals surface area contributed by atoms with E-state index in [2.05, 4.69) is 15.8 Å². The highest BCUT2D eigenvalue weighted by atomic mass is 35.5. The number of hydrogen-bond acceptors (Lipinski definition) is 5. The average molecular weight is 390 g/mol. The zero-order valence-electron chi connectivity index (χ0n) is 15.0. The van der Waals surface area contributed by atoms with Crippen LogP contribution in [-0.2, 0) is 9.59 Å². The normalized spacial score (nSPS) is 10.6. The van der Waals surface area contributed by atoms with Gasteiger partial charge in [-0.15, -0.1) is 0 Å². The summed E-state index contributed by atoms with van der Waals surface area (Å²) in [6.07, 6.45) is 0.969. The lowest BCUT2D eigenvalue weighted by Gasteiger charge is -2.08. The van der Waals surface area contributed by atoms with Gasteiger partial charge in [0.25, 0.3) is 0 Å². The Hall–Kier alpha value is -3.06. The Morgan fingerprint density at radius 1 is 1.26 bits per heavy atom. The Balaban J connectivity index is 1.91. The molecule has 2 aromatic rings. The summed E-state index contributed by atoms with van der Waals surface area (Å²) >= 11 is 5.92. The van der Waals surface area contributed by atoms with E-state index < -0.39 is 11.8 Å². The number of rotatable bonds is 7. The van der Waals surface area contributed by atoms with Crippen molar-refractivity contribution in [2.75, 3.05) is 11.9 Å². The molecule has 7 nitrogen and oxygen atoms in total. The molecule has 0 aliphatic rings. The second-order valence-electron chi connectivity index (χ2n) is 5.62. The van der Waals surface area contributed by atoms with Crippen LogP contribution in [-0.4, -0.2) is 29.7 Å². The number of phenols is 1. The van der Waals surface area contributed by atoms with E-state index in [1.165, 1.54) is 18.3 Å². The number of anilines is 1. The fourth-order valence-electron chi connectivity index (χ4n) is 2.21. The maximum absolute atomic E-state index is 11.9. The number of hydrogen-bond donors (Lipinski definition) is 3. The van der Waals surface area contributed by atoms with E-state index in [1.807, 2.05) is 19.1 Å². The first-order valence-electron chi connectivity index (χ1n) is 8.23. The van der Waals surface area contributed by atoms with Crippen LogP contribution >= 0.6 is 11.6 Å². The molecule has 0 heterocycles. The van der Waals surface area contributed by atoms with Crippen LogP contribution in [0.1, 0.15) is 24.5 Å². The number of aryl methyl sites for hydroxylation is 1. The molecule has 2 aromatic carbocycles. The maximum atomic E-state index is 11.9. The first-order valence-corrected chi connectivity index (χ1v) is 8.61. The molecule has 8 heteroatoms. The highest BCUT2D eigenvalue weighted by molar-refractivity contribution is 6.32. The number of nitrogens with one attached hydrogen (secondary N) is 2. The summed E-state index contributed by atoms with van der Waals surface area (Å²) in [4.78, 5) is 23.8. The number of benzene rings is 2. The van der Waals surface area contributed by atoms with Crippen molar-refractivity contribution in [2.24, 2.45) is 5.10 Å². The number of carbonyl (C=O) groups is 2. The van der Waals surface area contributed by atoms with Gasteiger partial charge < -0.3 is 15.2 Å². The van der Waals surface area contributed by atoms with Crippen molar-refractivity contribution in [3.05, 3.63) is 52.5 Å². The van der Waals surface area contributed by atoms with E-state index in [0.717, 1.165) is 5.56 Å². The molecule has 0 saturated carbocycles. The highest BCUT2D eigenvalue weighted by Crippen LogP contribution is 2.34. The molecule has 0 aliphatic heterocycles. The van der Waals surface area contributed by atoms with Crippen LogP contribution in [0.5, 0.6) is 11.5 Å². The van der Waals surface area contributed by atoms with Crippen LogP contribution in [0.3, 0.4) is 0 Å². The predicted molar refractivity (Wildman–Crippen MR) is 104 cm³/mol. The van der Waals surface area contributed by atoms with Crippen molar-refractivity contribution >= 4 is 35.3 Å². The smallest absolute Gasteiger partial charge is 0.249 e. The number of para-hydroxylation sites is 1. The Morgan fingerprint density at radius 2 is 2.00 bits per heavy atom. The Labute approximate surface area is 162 Å². The third-order valence-electron chi connectivity index (χ3n) is 3.49. The largest absolute Gasteiger partial charge is 0.503 e. The molecule has 142 valence electrons. The second kappa shape index (κ2) is 9.59. The van der Waals surface area contributed by atoms with Gasteiger partial charge >= 0.3 is 0 Å². The van der Waals surface area contributed by atoms with Gasteiger partial charge in [-0.1, -0.05) is 29.8 Å². The molecule has 2 amide bonds. The maximum Gasteiger partial charge on any atom is 0.249 e. The molecule has 0 fully saturated rings. The van der Waals surface area contributed by atoms with Gasteiger partial charge in [-0.2, -0.15) is 5.10 Å². The molecule has 0 unspecified atom stereocenters. The van der Waals surface area contributed by atoms with Gasteiger partial charge in [0.15, 0.2) is 11.5 Å². The van der Waals surface area contributed by atoms with Gasteiger partial charge in [-0.3, -0.25) is 9.59 Å². The van der Waals surface area contributed by atoms with Crippen molar-refractivity contribution in [3.63, 3.8) is 0 Å². The van der Waals surface area contributed by atoms with Gasteiger partial charge in [0.05, 0.1) is 17.8 Å². The van der Waals surface area contributed by atoms with E-state index in [1.54, 1.807) is 19.1 Å². The fraction of sp³-hybridized carbons (Fsp3) is 0.211. The Kier molecular flexibility index (Phi) is 7.19. The summed E-state index contributed by atoms with van der Waals surface area (Å²) in [6, 6.07) is 10.3. The number of hydrazone groups is 1. The highest BCUT2D eigenvalue weighted by Gasteiger charge is 2.11. The first-order chi connectivity index (χ1) is 12.9. The lowest BCUT2D eigenvalue weighted by atomic mass is 10.2. The van der Waals surface area contributed by atoms with Gasteiger partial charge in [0.2, 0.25) is 11.8 Å². The number of phenolic OH excluding ortho intramolecular Hbond substituents is 1. The van der Waals surface area contributed by atoms with Crippen LogP contribution in [0.25, 0.3) is 0 Å². The molecule has 27 heavy (non-hydrogen) atoms. The quantitative estimate of drug-likeness (QED) is 0.384. The molecule has 0 aliphatic carbocycles. The standard InChI is InChI=1S/C19H20ClN3O4/c1-3-27-16-9-13(8-14(20)19(16)26)11-21-23-18(25)10-17(24)22-15-7-5-4-6-12(15)2/h4-9,11,26H,3,10H2,1-2H3,(H,22,24)(H,23,25)/b21-11+. The minimum atomic E-state index is -0.563. The van der Waals surface area contributed by atoms with E-state index in [4.69, 9.17) is 16.3 Å². The van der Waals surface area contributed by atoms with Crippen molar-refractivity contribution in [3.8, 4) is 11.5 Å². The van der Waals surface area contributed by atoms with Crippen LogP contribution in [0.15, 0.2) is 41.5 Å². The summed E-state index contributed by atoms with van der Waals surface area (Å²) < 4.78 is 5.27. The summed E-state index contributed by atoms with van der Waals surface area (Å²) in [5, 5.41) is 16.4. The monoisotopic (exact) mass is 389 g/mol. The molecule has 0 bridgehead atoms. The van der Waals surface area contributed by atoms with E-state index in [9.17, 15) is 14.7 Å². The summed E-state index contributed by atoms with van der Waals surface area (Å²) in [5.41, 5.74) is 4.35. The molecule has 0 spiro atoms. The molecule has 0 radical (unpaired) electrons. The van der Waals surface area contributed by atoms with Crippen molar-refractivity contribution in [2.45, 2.75) is 20.3 Å². The van der Waals surface area contributed by atoms with Crippen molar-refractivity contribution in [1.82, 2.24) is 5.43 Å². The molecular formula is C19H20ClN3O4. The minimum Gasteiger partial charge on any atom is -0.503 e. The number of amides is 2. The third kappa shape index (κ3) is 6.00. The van der Waals surface area contributed by atoms with E-state index in [-0.39, 0.29) is 22.9 Å². The number of ether oxygens (including phenoxy) is 1. The van der Waals surface area contributed by atoms with E-state index in [0.29, 0.717) is 17.9 Å². The number of halogens is 1. The zero-order valence-corrected chi connectivity index (χ0v) is 15.7. The van der Waals surface area contributed by atoms with Gasteiger partial charge in [0.1, 0.15) is 6.42 Å². The van der Waals surface area contributed by atoms with Gasteiger partial charge in [-0.05, 0) is 43.2 Å². The number of aromatic hydroxyl groups is 1. The third-order valence-corrected chi connectivity index (χ3v) is 3.78. The van der Waals surface area contributed by atoms with Crippen molar-refractivity contribution in [1.29, 1.82) is 0 Å². The average Bonchev–Trinajstić information content (AvgIpc) is 2.61. The number of nitrogens with zero attached hydrogens (tertiary/aromatic N) is 1. The van der Waals surface area contributed by atoms with Crippen LogP contribution in [0.4, 0.5) is 5.69 Å². The number of carbonyl (C=O) groups excluding carboxylic acids is 2. The Bertz CT molecular complexity index is 868. The van der Waals surface area contributed by atoms with Gasteiger partial charge in [-0.25, -0.2) is 5.43 Å². The second-order valence-corrected chi connectivity index (χ2v) is 6.02. The zero-order chi connectivity index (χ0) is 19.8. The predicted octanol–water partition coefficient (Wildman–Crippen LogP) is 3.23. The first kappa shape index (κ1) is 20.3. The Morgan fingerprint density at radius 3 is 2.70 bits per heavy atom. The summed E-state index contributed by atoms with van der Waals surface area (Å²) in [5.74, 6) is -0.946. The molecule has 3 N–H and O–H groups in total. The molecule has 0 saturated heterocycles. The van der Waals surface area contributed by atoms with Gasteiger partial charge in [0, 0.05) is 5.69 Å². The lowest BCUT2D eigenvalue weighted by Crippen LogP contribution is -2.24. The van der Waals surface area contributed by atoms with Crippen LogP contribution in [0, 0.1) is 6.92 Å². The SMILES string of the molecule is CCOc1cc(/C=N/NC(=O)CC(=O)Nc2ccccc2C)cc(Cl)c1O. The van der Waals surface area contributed by atoms with E-state index >= 15 is 0 Å². The minimum absolute atomic E-state index is 0.103. The molecule has 2 rings (SSSR count).